The lowest BCUT2D eigenvalue weighted by molar-refractivity contribution is 0.102. The van der Waals surface area contributed by atoms with Crippen LogP contribution in [0.3, 0.4) is 0 Å². The van der Waals surface area contributed by atoms with Crippen LogP contribution in [0.2, 0.25) is 0 Å². The van der Waals surface area contributed by atoms with Crippen LogP contribution in [0.5, 0.6) is 11.5 Å². The molecule has 136 valence electrons. The van der Waals surface area contributed by atoms with Crippen molar-refractivity contribution in [3.05, 3.63) is 35.5 Å². The number of anilines is 1. The van der Waals surface area contributed by atoms with E-state index in [-0.39, 0.29) is 24.5 Å². The Kier molecular flexibility index (Phi) is 6.03. The van der Waals surface area contributed by atoms with Gasteiger partial charge in [0.2, 0.25) is 0 Å². The highest BCUT2D eigenvalue weighted by Gasteiger charge is 2.15. The highest BCUT2D eigenvalue weighted by atomic mass is 16.5. The third-order valence-electron chi connectivity index (χ3n) is 3.37. The highest BCUT2D eigenvalue weighted by Crippen LogP contribution is 2.28. The van der Waals surface area contributed by atoms with Crippen molar-refractivity contribution < 1.29 is 19.4 Å². The summed E-state index contributed by atoms with van der Waals surface area (Å²) in [6.07, 6.45) is 0.831. The zero-order chi connectivity index (χ0) is 18.4. The molecule has 0 aliphatic carbocycles. The number of aliphatic hydroxyl groups is 1. The smallest absolute Gasteiger partial charge is 0.257 e. The van der Waals surface area contributed by atoms with Crippen LogP contribution in [-0.4, -0.2) is 41.5 Å². The highest BCUT2D eigenvalue weighted by molar-refractivity contribution is 6.04. The summed E-state index contributed by atoms with van der Waals surface area (Å²) in [6.45, 7) is 6.41. The fraction of sp³-hybridized carbons (Fsp3) is 0.444. The second-order valence-electron chi connectivity index (χ2n) is 6.91. The van der Waals surface area contributed by atoms with Crippen molar-refractivity contribution in [1.82, 2.24) is 10.2 Å². The van der Waals surface area contributed by atoms with Crippen LogP contribution in [0.25, 0.3) is 0 Å². The molecule has 3 N–H and O–H groups in total. The standard InChI is InChI=1S/C18H25N3O4/c1-18(2,3)11-13-10-16(21-20-13)19-17(23)12-5-6-14(24-4)15(9-12)25-8-7-22/h5-6,9-10,22H,7-8,11H2,1-4H3,(H2,19,20,21,23). The number of nitrogens with zero attached hydrogens (tertiary/aromatic N) is 1. The molecule has 25 heavy (non-hydrogen) atoms. The van der Waals surface area contributed by atoms with E-state index in [1.54, 1.807) is 18.2 Å². The zero-order valence-corrected chi connectivity index (χ0v) is 15.0. The molecule has 0 atom stereocenters. The van der Waals surface area contributed by atoms with Crippen molar-refractivity contribution in [3.63, 3.8) is 0 Å². The van der Waals surface area contributed by atoms with Gasteiger partial charge in [-0.1, -0.05) is 20.8 Å². The van der Waals surface area contributed by atoms with E-state index in [4.69, 9.17) is 14.6 Å². The summed E-state index contributed by atoms with van der Waals surface area (Å²) in [4.78, 5) is 12.4. The Morgan fingerprint density at radius 1 is 1.28 bits per heavy atom. The molecule has 0 saturated carbocycles. The van der Waals surface area contributed by atoms with Crippen LogP contribution in [0.1, 0.15) is 36.8 Å². The molecule has 0 saturated heterocycles. The molecule has 0 aliphatic rings. The number of aromatic amines is 1. The van der Waals surface area contributed by atoms with E-state index >= 15 is 0 Å². The largest absolute Gasteiger partial charge is 0.493 e. The number of nitrogens with one attached hydrogen (secondary N) is 2. The van der Waals surface area contributed by atoms with Gasteiger partial charge < -0.3 is 19.9 Å². The van der Waals surface area contributed by atoms with E-state index in [9.17, 15) is 4.79 Å². The van der Waals surface area contributed by atoms with Crippen LogP contribution < -0.4 is 14.8 Å². The molecule has 2 rings (SSSR count). The minimum atomic E-state index is -0.301. The van der Waals surface area contributed by atoms with Gasteiger partial charge in [-0.2, -0.15) is 5.10 Å². The second kappa shape index (κ2) is 8.02. The normalized spacial score (nSPS) is 11.2. The molecular weight excluding hydrogens is 322 g/mol. The Morgan fingerprint density at radius 2 is 2.04 bits per heavy atom. The number of hydrogen-bond acceptors (Lipinski definition) is 5. The van der Waals surface area contributed by atoms with Crippen molar-refractivity contribution >= 4 is 11.7 Å². The van der Waals surface area contributed by atoms with Crippen LogP contribution in [0, 0.1) is 5.41 Å². The topological polar surface area (TPSA) is 96.5 Å². The Hall–Kier alpha value is -2.54. The Labute approximate surface area is 147 Å². The number of rotatable bonds is 7. The maximum atomic E-state index is 12.4. The van der Waals surface area contributed by atoms with Crippen LogP contribution >= 0.6 is 0 Å². The third kappa shape index (κ3) is 5.49. The molecule has 0 bridgehead atoms. The first kappa shape index (κ1) is 18.8. The predicted octanol–water partition coefficient (Wildman–Crippen LogP) is 2.63. The number of carbonyl (C=O) groups excluding carboxylic acids is 1. The van der Waals surface area contributed by atoms with E-state index in [1.807, 2.05) is 6.07 Å². The van der Waals surface area contributed by atoms with Crippen molar-refractivity contribution in [1.29, 1.82) is 0 Å². The van der Waals surface area contributed by atoms with Gasteiger partial charge in [0.05, 0.1) is 13.7 Å². The number of H-pyrrole nitrogens is 1. The lowest BCUT2D eigenvalue weighted by Crippen LogP contribution is -2.13. The third-order valence-corrected chi connectivity index (χ3v) is 3.37. The lowest BCUT2D eigenvalue weighted by atomic mass is 9.91. The predicted molar refractivity (Wildman–Crippen MR) is 95.3 cm³/mol. The lowest BCUT2D eigenvalue weighted by Gasteiger charge is -2.15. The van der Waals surface area contributed by atoms with Gasteiger partial charge in [0.1, 0.15) is 6.61 Å². The molecule has 7 heteroatoms. The molecular formula is C18H25N3O4. The van der Waals surface area contributed by atoms with E-state index in [1.165, 1.54) is 7.11 Å². The summed E-state index contributed by atoms with van der Waals surface area (Å²) >= 11 is 0. The minimum Gasteiger partial charge on any atom is -0.493 e. The van der Waals surface area contributed by atoms with E-state index < -0.39 is 0 Å². The van der Waals surface area contributed by atoms with Crippen LogP contribution in [0.15, 0.2) is 24.3 Å². The van der Waals surface area contributed by atoms with Gasteiger partial charge in [-0.15, -0.1) is 0 Å². The van der Waals surface area contributed by atoms with Crippen molar-refractivity contribution in [2.75, 3.05) is 25.6 Å². The average Bonchev–Trinajstić information content (AvgIpc) is 2.97. The fourth-order valence-corrected chi connectivity index (χ4v) is 2.36. The maximum absolute atomic E-state index is 12.4. The first-order valence-corrected chi connectivity index (χ1v) is 8.10. The van der Waals surface area contributed by atoms with Gasteiger partial charge in [-0.25, -0.2) is 0 Å². The van der Waals surface area contributed by atoms with Crippen LogP contribution in [0.4, 0.5) is 5.82 Å². The second-order valence-corrected chi connectivity index (χ2v) is 6.91. The van der Waals surface area contributed by atoms with E-state index in [0.717, 1.165) is 12.1 Å². The molecule has 0 radical (unpaired) electrons. The molecule has 1 aromatic heterocycles. The van der Waals surface area contributed by atoms with Gasteiger partial charge >= 0.3 is 0 Å². The average molecular weight is 347 g/mol. The molecule has 0 spiro atoms. The summed E-state index contributed by atoms with van der Waals surface area (Å²) < 4.78 is 10.6. The number of benzene rings is 1. The Morgan fingerprint density at radius 3 is 2.68 bits per heavy atom. The van der Waals surface area contributed by atoms with Gasteiger partial charge in [-0.3, -0.25) is 9.89 Å². The zero-order valence-electron chi connectivity index (χ0n) is 15.0. The molecule has 0 fully saturated rings. The maximum Gasteiger partial charge on any atom is 0.257 e. The fourth-order valence-electron chi connectivity index (χ4n) is 2.36. The molecule has 1 heterocycles. The summed E-state index contributed by atoms with van der Waals surface area (Å²) in [5.41, 5.74) is 1.50. The van der Waals surface area contributed by atoms with Crippen molar-refractivity contribution in [2.45, 2.75) is 27.2 Å². The first-order chi connectivity index (χ1) is 11.8. The number of amides is 1. The summed E-state index contributed by atoms with van der Waals surface area (Å²) in [6, 6.07) is 6.70. The van der Waals surface area contributed by atoms with Crippen LogP contribution in [-0.2, 0) is 6.42 Å². The number of methoxy groups -OCH3 is 1. The van der Waals surface area contributed by atoms with E-state index in [0.29, 0.717) is 22.9 Å². The monoisotopic (exact) mass is 347 g/mol. The molecule has 2 aromatic rings. The van der Waals surface area contributed by atoms with Crippen molar-refractivity contribution in [2.24, 2.45) is 5.41 Å². The van der Waals surface area contributed by atoms with Gasteiger partial charge in [-0.05, 0) is 30.0 Å². The molecule has 7 nitrogen and oxygen atoms in total. The number of carbonyl (C=O) groups is 1. The van der Waals surface area contributed by atoms with Gasteiger partial charge in [0.15, 0.2) is 17.3 Å². The Bertz CT molecular complexity index is 719. The molecule has 0 unspecified atom stereocenters. The summed E-state index contributed by atoms with van der Waals surface area (Å²) in [5.74, 6) is 1.07. The Balaban J connectivity index is 2.10. The van der Waals surface area contributed by atoms with Gasteiger partial charge in [0, 0.05) is 17.3 Å². The minimum absolute atomic E-state index is 0.122. The van der Waals surface area contributed by atoms with Gasteiger partial charge in [0.25, 0.3) is 5.91 Å². The number of aromatic nitrogens is 2. The molecule has 1 amide bonds. The van der Waals surface area contributed by atoms with E-state index in [2.05, 4.69) is 36.3 Å². The first-order valence-electron chi connectivity index (χ1n) is 8.10. The number of ether oxygens (including phenoxy) is 2. The summed E-state index contributed by atoms with van der Waals surface area (Å²) in [7, 11) is 1.52. The molecule has 1 aromatic carbocycles. The number of hydrogen-bond donors (Lipinski definition) is 3. The van der Waals surface area contributed by atoms with Crippen molar-refractivity contribution in [3.8, 4) is 11.5 Å². The molecule has 0 aliphatic heterocycles. The SMILES string of the molecule is COc1ccc(C(=O)Nc2cc(CC(C)(C)C)[nH]n2)cc1OCCO. The summed E-state index contributed by atoms with van der Waals surface area (Å²) in [5, 5.41) is 18.7. The number of aliphatic hydroxyl groups excluding tert-OH is 1. The quantitative estimate of drug-likeness (QED) is 0.715.